The van der Waals surface area contributed by atoms with Crippen LogP contribution in [0.15, 0.2) is 198 Å². The third-order valence-corrected chi connectivity index (χ3v) is 10.7. The highest BCUT2D eigenvalue weighted by atomic mass is 32.2. The van der Waals surface area contributed by atoms with Gasteiger partial charge < -0.3 is 4.74 Å². The Balaban J connectivity index is 1.19. The zero-order chi connectivity index (χ0) is 37.3. The first-order chi connectivity index (χ1) is 27.7. The van der Waals surface area contributed by atoms with Gasteiger partial charge in [-0.05, 0) is 47.5 Å². The molecule has 0 amide bonds. The van der Waals surface area contributed by atoms with Gasteiger partial charge in [-0.15, -0.1) is 0 Å². The molecule has 0 saturated carbocycles. The zero-order valence-electron chi connectivity index (χ0n) is 30.0. The Morgan fingerprint density at radius 2 is 0.786 bits per heavy atom. The second-order valence-corrected chi connectivity index (χ2v) is 14.4. The molecule has 0 fully saturated rings. The van der Waals surface area contributed by atoms with Gasteiger partial charge in [0.2, 0.25) is 0 Å². The Morgan fingerprint density at radius 3 is 1.41 bits per heavy atom. The maximum Gasteiger partial charge on any atom is 0.164 e. The van der Waals surface area contributed by atoms with Crippen molar-refractivity contribution in [3.8, 4) is 90.7 Å². The molecule has 0 spiro atoms. The Hall–Kier alpha value is -7.22. The van der Waals surface area contributed by atoms with E-state index in [0.29, 0.717) is 23.3 Å². The molecule has 7 aromatic carbocycles. The van der Waals surface area contributed by atoms with E-state index in [2.05, 4.69) is 60.7 Å². The lowest BCUT2D eigenvalue weighted by atomic mass is 9.95. The molecule has 56 heavy (non-hydrogen) atoms. The van der Waals surface area contributed by atoms with Crippen molar-refractivity contribution in [2.75, 3.05) is 0 Å². The summed E-state index contributed by atoms with van der Waals surface area (Å²) < 4.78 is 6.46. The van der Waals surface area contributed by atoms with E-state index < -0.39 is 0 Å². The summed E-state index contributed by atoms with van der Waals surface area (Å²) in [6, 6.07) is 63.4. The number of hydrogen-bond acceptors (Lipinski definition) is 7. The smallest absolute Gasteiger partial charge is 0.164 e. The van der Waals surface area contributed by atoms with Crippen LogP contribution in [0.5, 0.6) is 11.5 Å². The van der Waals surface area contributed by atoms with Gasteiger partial charge in [0.1, 0.15) is 11.5 Å². The number of benzene rings is 7. The average Bonchev–Trinajstić information content (AvgIpc) is 3.29. The third-order valence-electron chi connectivity index (χ3n) is 9.63. The second-order valence-electron chi connectivity index (χ2n) is 13.3. The highest BCUT2D eigenvalue weighted by molar-refractivity contribution is 7.99. The van der Waals surface area contributed by atoms with Crippen molar-refractivity contribution in [3.63, 3.8) is 0 Å². The SMILES string of the molecule is c1ccc(-c2cc(-c3ccc(-c4ccc5c(c4)Oc4ccccc4S5)c(-c4nc(-c5ccccc5)nc(-c5ccccc5)n4)c3)nc(-c3ccccc3)n2)cc1. The molecule has 10 rings (SSSR count). The van der Waals surface area contributed by atoms with Crippen molar-refractivity contribution >= 4 is 11.8 Å². The summed E-state index contributed by atoms with van der Waals surface area (Å²) in [5, 5.41) is 0. The summed E-state index contributed by atoms with van der Waals surface area (Å²) in [6.07, 6.45) is 0. The standard InChI is InChI=1S/C49H31N5OS/c1-5-15-32(16-6-1)40-31-41(51-46(50-40)33-17-7-2-8-18-33)37-25-27-38(36-26-28-45-43(30-36)55-42-23-13-14-24-44(42)56-45)39(29-37)49-53-47(34-19-9-3-10-20-34)52-48(54-49)35-21-11-4-12-22-35/h1-31H. The molecule has 1 aliphatic heterocycles. The van der Waals surface area contributed by atoms with Crippen LogP contribution >= 0.6 is 11.8 Å². The highest BCUT2D eigenvalue weighted by Gasteiger charge is 2.22. The zero-order valence-corrected chi connectivity index (χ0v) is 30.8. The molecule has 0 radical (unpaired) electrons. The highest BCUT2D eigenvalue weighted by Crippen LogP contribution is 2.48. The van der Waals surface area contributed by atoms with E-state index in [9.17, 15) is 0 Å². The molecule has 0 aliphatic carbocycles. The third kappa shape index (κ3) is 6.61. The molecule has 0 bridgehead atoms. The lowest BCUT2D eigenvalue weighted by Crippen LogP contribution is -2.02. The van der Waals surface area contributed by atoms with Crippen LogP contribution in [-0.4, -0.2) is 24.9 Å². The minimum atomic E-state index is 0.550. The minimum absolute atomic E-state index is 0.550. The molecule has 0 saturated heterocycles. The van der Waals surface area contributed by atoms with Gasteiger partial charge in [0.15, 0.2) is 23.3 Å². The molecule has 9 aromatic rings. The van der Waals surface area contributed by atoms with Crippen LogP contribution in [-0.2, 0) is 0 Å². The maximum atomic E-state index is 6.46. The summed E-state index contributed by atoms with van der Waals surface area (Å²) in [6.45, 7) is 0. The molecule has 0 atom stereocenters. The number of rotatable bonds is 7. The van der Waals surface area contributed by atoms with Crippen LogP contribution in [0.3, 0.4) is 0 Å². The first kappa shape index (κ1) is 33.4. The summed E-state index contributed by atoms with van der Waals surface area (Å²) in [5.41, 5.74) is 9.05. The fourth-order valence-electron chi connectivity index (χ4n) is 6.83. The molecule has 1 aliphatic rings. The molecule has 7 heteroatoms. The molecular formula is C49H31N5OS. The summed E-state index contributed by atoms with van der Waals surface area (Å²) in [7, 11) is 0. The first-order valence-corrected chi connectivity index (χ1v) is 19.1. The van der Waals surface area contributed by atoms with E-state index in [-0.39, 0.29) is 0 Å². The van der Waals surface area contributed by atoms with Gasteiger partial charge in [-0.3, -0.25) is 0 Å². The van der Waals surface area contributed by atoms with Gasteiger partial charge in [0.25, 0.3) is 0 Å². The molecule has 3 heterocycles. The number of fused-ring (bicyclic) bond motifs is 2. The molecule has 6 nitrogen and oxygen atoms in total. The average molecular weight is 738 g/mol. The number of ether oxygens (including phenoxy) is 1. The van der Waals surface area contributed by atoms with Crippen molar-refractivity contribution in [1.29, 1.82) is 0 Å². The van der Waals surface area contributed by atoms with Gasteiger partial charge in [-0.2, -0.15) is 0 Å². The second kappa shape index (κ2) is 14.5. The van der Waals surface area contributed by atoms with Crippen molar-refractivity contribution in [2.24, 2.45) is 0 Å². The molecule has 264 valence electrons. The van der Waals surface area contributed by atoms with Gasteiger partial charge in [0.05, 0.1) is 21.2 Å². The van der Waals surface area contributed by atoms with E-state index in [0.717, 1.165) is 77.2 Å². The predicted octanol–water partition coefficient (Wildman–Crippen LogP) is 12.6. The predicted molar refractivity (Wildman–Crippen MR) is 224 cm³/mol. The minimum Gasteiger partial charge on any atom is -0.455 e. The first-order valence-electron chi connectivity index (χ1n) is 18.3. The number of nitrogens with zero attached hydrogens (tertiary/aromatic N) is 5. The fraction of sp³-hybridized carbons (Fsp3) is 0. The van der Waals surface area contributed by atoms with Crippen LogP contribution in [0.4, 0.5) is 0 Å². The Morgan fingerprint density at radius 1 is 0.304 bits per heavy atom. The van der Waals surface area contributed by atoms with E-state index in [4.69, 9.17) is 29.7 Å². The summed E-state index contributed by atoms with van der Waals surface area (Å²) in [4.78, 5) is 27.7. The molecule has 2 aromatic heterocycles. The normalized spacial score (nSPS) is 11.6. The lowest BCUT2D eigenvalue weighted by Gasteiger charge is -2.21. The van der Waals surface area contributed by atoms with Crippen molar-refractivity contribution in [1.82, 2.24) is 24.9 Å². The Kier molecular flexibility index (Phi) is 8.67. The molecule has 0 N–H and O–H groups in total. The topological polar surface area (TPSA) is 73.7 Å². The maximum absolute atomic E-state index is 6.46. The lowest BCUT2D eigenvalue weighted by molar-refractivity contribution is 0.455. The molecule has 0 unspecified atom stereocenters. The summed E-state index contributed by atoms with van der Waals surface area (Å²) >= 11 is 1.71. The Labute approximate surface area is 328 Å². The van der Waals surface area contributed by atoms with E-state index in [1.54, 1.807) is 11.8 Å². The number of aromatic nitrogens is 5. The van der Waals surface area contributed by atoms with Gasteiger partial charge >= 0.3 is 0 Å². The van der Waals surface area contributed by atoms with Crippen molar-refractivity contribution in [3.05, 3.63) is 188 Å². The quantitative estimate of drug-likeness (QED) is 0.161. The van der Waals surface area contributed by atoms with Gasteiger partial charge in [-0.25, -0.2) is 24.9 Å². The number of hydrogen-bond donors (Lipinski definition) is 0. The Bertz CT molecular complexity index is 2740. The largest absolute Gasteiger partial charge is 0.455 e. The van der Waals surface area contributed by atoms with Crippen LogP contribution in [0.1, 0.15) is 0 Å². The van der Waals surface area contributed by atoms with Crippen molar-refractivity contribution in [2.45, 2.75) is 9.79 Å². The summed E-state index contributed by atoms with van der Waals surface area (Å²) in [5.74, 6) is 4.04. The van der Waals surface area contributed by atoms with Gasteiger partial charge in [0, 0.05) is 33.4 Å². The van der Waals surface area contributed by atoms with E-state index in [1.807, 2.05) is 127 Å². The fourth-order valence-corrected chi connectivity index (χ4v) is 7.76. The van der Waals surface area contributed by atoms with E-state index in [1.165, 1.54) is 0 Å². The van der Waals surface area contributed by atoms with Crippen molar-refractivity contribution < 1.29 is 4.74 Å². The van der Waals surface area contributed by atoms with E-state index >= 15 is 0 Å². The van der Waals surface area contributed by atoms with Crippen LogP contribution in [0.2, 0.25) is 0 Å². The van der Waals surface area contributed by atoms with Crippen LogP contribution < -0.4 is 4.74 Å². The van der Waals surface area contributed by atoms with Crippen LogP contribution in [0.25, 0.3) is 79.2 Å². The number of para-hydroxylation sites is 1. The molecular weight excluding hydrogens is 707 g/mol. The van der Waals surface area contributed by atoms with Crippen LogP contribution in [0, 0.1) is 0 Å². The monoisotopic (exact) mass is 737 g/mol. The van der Waals surface area contributed by atoms with Gasteiger partial charge in [-0.1, -0.05) is 163 Å².